The number of piperidine rings is 1. The molecule has 2 aliphatic heterocycles. The van der Waals surface area contributed by atoms with Crippen molar-refractivity contribution in [2.24, 2.45) is 0 Å². The second-order valence-electron chi connectivity index (χ2n) is 12.9. The van der Waals surface area contributed by atoms with Crippen LogP contribution >= 0.6 is 7.14 Å². The van der Waals surface area contributed by atoms with Gasteiger partial charge in [0.2, 0.25) is 5.95 Å². The Labute approximate surface area is 274 Å². The number of rotatable bonds is 8. The van der Waals surface area contributed by atoms with E-state index in [1.165, 1.54) is 5.69 Å². The maximum atomic E-state index is 13.5. The fourth-order valence-corrected chi connectivity index (χ4v) is 8.23. The highest BCUT2D eigenvalue weighted by molar-refractivity contribution is 7.71. The first-order valence-electron chi connectivity index (χ1n) is 16.1. The van der Waals surface area contributed by atoms with Crippen molar-refractivity contribution < 1.29 is 9.30 Å². The van der Waals surface area contributed by atoms with Gasteiger partial charge < -0.3 is 34.7 Å². The number of aryl methyl sites for hydroxylation is 1. The standard InChI is InChI=1S/C33H42N11O2P/c1-21-18-25(27(46-3)19-26(21)44-12-8-22(9-13-44)43-16-14-42(2)15-17-43)39-33-40-31-29(36-20-37-31)32(41-33)38-24-7-6-23-28(35-11-10-34-23)30(24)47(4,5)45/h6-7,10-11,18-20,22H,8-9,12-17H2,1-5H3,(H3,36,37,38,39,40,41). The van der Waals surface area contributed by atoms with Crippen LogP contribution in [0.15, 0.2) is 43.0 Å². The lowest BCUT2D eigenvalue weighted by atomic mass is 10.0. The van der Waals surface area contributed by atoms with Crippen LogP contribution in [0.4, 0.5) is 28.8 Å². The number of hydrogen-bond acceptors (Lipinski definition) is 12. The Morgan fingerprint density at radius 3 is 2.43 bits per heavy atom. The number of imidazole rings is 1. The molecule has 0 unspecified atom stereocenters. The van der Waals surface area contributed by atoms with Crippen molar-refractivity contribution in [3.05, 3.63) is 48.5 Å². The van der Waals surface area contributed by atoms with E-state index in [9.17, 15) is 4.57 Å². The Hall–Kier alpha value is -4.32. The van der Waals surface area contributed by atoms with Crippen LogP contribution in [0.5, 0.6) is 5.75 Å². The minimum absolute atomic E-state index is 0.362. The molecule has 3 N–H and O–H groups in total. The molecular weight excluding hydrogens is 613 g/mol. The molecule has 14 heteroatoms. The maximum absolute atomic E-state index is 13.5. The second kappa shape index (κ2) is 12.7. The predicted molar refractivity (Wildman–Crippen MR) is 189 cm³/mol. The zero-order valence-electron chi connectivity index (χ0n) is 27.6. The number of benzene rings is 2. The van der Waals surface area contributed by atoms with Crippen LogP contribution in [-0.2, 0) is 4.57 Å². The van der Waals surface area contributed by atoms with E-state index >= 15 is 0 Å². The Bertz CT molecular complexity index is 1960. The van der Waals surface area contributed by atoms with E-state index in [4.69, 9.17) is 14.7 Å². The number of hydrogen-bond donors (Lipinski definition) is 3. The molecule has 5 aromatic rings. The Kier molecular flexibility index (Phi) is 8.46. The number of H-pyrrole nitrogens is 1. The Morgan fingerprint density at radius 1 is 0.915 bits per heavy atom. The number of nitrogens with one attached hydrogen (secondary N) is 3. The van der Waals surface area contributed by atoms with Crippen molar-refractivity contribution in [3.63, 3.8) is 0 Å². The molecule has 0 amide bonds. The van der Waals surface area contributed by atoms with Crippen LogP contribution < -0.4 is 25.6 Å². The van der Waals surface area contributed by atoms with Gasteiger partial charge in [0, 0.05) is 69.5 Å². The molecule has 0 bridgehead atoms. The molecule has 5 heterocycles. The lowest BCUT2D eigenvalue weighted by Crippen LogP contribution is -2.52. The maximum Gasteiger partial charge on any atom is 0.231 e. The van der Waals surface area contributed by atoms with Gasteiger partial charge in [-0.05, 0) is 63.9 Å². The smallest absolute Gasteiger partial charge is 0.231 e. The topological polar surface area (TPSA) is 140 Å². The molecular formula is C33H42N11O2P. The van der Waals surface area contributed by atoms with Crippen molar-refractivity contribution in [2.45, 2.75) is 25.8 Å². The van der Waals surface area contributed by atoms with Crippen molar-refractivity contribution in [3.8, 4) is 5.75 Å². The number of piperazine rings is 1. The number of nitrogens with zero attached hydrogens (tertiary/aromatic N) is 8. The number of ether oxygens (including phenoxy) is 1. The van der Waals surface area contributed by atoms with E-state index in [1.54, 1.807) is 39.2 Å². The van der Waals surface area contributed by atoms with Gasteiger partial charge in [-0.3, -0.25) is 14.9 Å². The predicted octanol–water partition coefficient (Wildman–Crippen LogP) is 4.56. The van der Waals surface area contributed by atoms with Crippen molar-refractivity contribution in [1.82, 2.24) is 39.7 Å². The fourth-order valence-electron chi connectivity index (χ4n) is 6.84. The summed E-state index contributed by atoms with van der Waals surface area (Å²) in [5, 5.41) is 7.39. The van der Waals surface area contributed by atoms with E-state index in [1.807, 2.05) is 12.1 Å². The van der Waals surface area contributed by atoms with Gasteiger partial charge in [0.1, 0.15) is 18.4 Å². The highest BCUT2D eigenvalue weighted by Gasteiger charge is 2.28. The van der Waals surface area contributed by atoms with Crippen molar-refractivity contribution in [2.75, 3.05) is 82.3 Å². The summed E-state index contributed by atoms with van der Waals surface area (Å²) in [5.41, 5.74) is 6.12. The Balaban J connectivity index is 1.15. The molecule has 0 radical (unpaired) electrons. The largest absolute Gasteiger partial charge is 0.494 e. The quantitative estimate of drug-likeness (QED) is 0.202. The molecule has 2 aromatic carbocycles. The van der Waals surface area contributed by atoms with Gasteiger partial charge in [0.05, 0.1) is 35.6 Å². The van der Waals surface area contributed by atoms with Crippen LogP contribution in [0.2, 0.25) is 0 Å². The summed E-state index contributed by atoms with van der Waals surface area (Å²) < 4.78 is 19.4. The van der Waals surface area contributed by atoms with Crippen molar-refractivity contribution >= 4 is 63.5 Å². The zero-order chi connectivity index (χ0) is 32.7. The summed E-state index contributed by atoms with van der Waals surface area (Å²) in [5.74, 6) is 1.54. The molecule has 13 nitrogen and oxygen atoms in total. The summed E-state index contributed by atoms with van der Waals surface area (Å²) in [6.07, 6.45) is 7.15. The molecule has 0 saturated carbocycles. The fraction of sp³-hybridized carbons (Fsp3) is 0.424. The molecule has 7 rings (SSSR count). The number of aromatic amines is 1. The van der Waals surface area contributed by atoms with Crippen LogP contribution in [0.25, 0.3) is 22.2 Å². The van der Waals surface area contributed by atoms with E-state index in [0.717, 1.165) is 63.4 Å². The minimum Gasteiger partial charge on any atom is -0.494 e. The molecule has 3 aromatic heterocycles. The average molecular weight is 656 g/mol. The first kappa shape index (κ1) is 31.3. The number of likely N-dealkylation sites (N-methyl/N-ethyl adjacent to an activating group) is 1. The van der Waals surface area contributed by atoms with Crippen LogP contribution in [0.3, 0.4) is 0 Å². The highest BCUT2D eigenvalue weighted by Crippen LogP contribution is 2.41. The van der Waals surface area contributed by atoms with Gasteiger partial charge in [-0.2, -0.15) is 9.97 Å². The summed E-state index contributed by atoms with van der Waals surface area (Å²) >= 11 is 0. The van der Waals surface area contributed by atoms with Gasteiger partial charge >= 0.3 is 0 Å². The van der Waals surface area contributed by atoms with Gasteiger partial charge in [-0.1, -0.05) is 0 Å². The Morgan fingerprint density at radius 2 is 1.68 bits per heavy atom. The molecule has 246 valence electrons. The third-order valence-electron chi connectivity index (χ3n) is 9.31. The lowest BCUT2D eigenvalue weighted by molar-refractivity contribution is 0.0982. The van der Waals surface area contributed by atoms with Crippen LogP contribution in [-0.4, -0.2) is 113 Å². The summed E-state index contributed by atoms with van der Waals surface area (Å²) in [6.45, 7) is 12.3. The molecule has 47 heavy (non-hydrogen) atoms. The number of anilines is 5. The monoisotopic (exact) mass is 655 g/mol. The van der Waals surface area contributed by atoms with Gasteiger partial charge in [-0.15, -0.1) is 0 Å². The molecule has 0 spiro atoms. The van der Waals surface area contributed by atoms with E-state index in [0.29, 0.717) is 56.7 Å². The molecule has 0 aliphatic carbocycles. The first-order chi connectivity index (χ1) is 22.7. The molecule has 2 aliphatic rings. The highest BCUT2D eigenvalue weighted by atomic mass is 31.2. The van der Waals surface area contributed by atoms with Gasteiger partial charge in [0.25, 0.3) is 0 Å². The number of fused-ring (bicyclic) bond motifs is 2. The summed E-state index contributed by atoms with van der Waals surface area (Å²) in [7, 11) is 1.12. The first-order valence-corrected chi connectivity index (χ1v) is 18.7. The second-order valence-corrected chi connectivity index (χ2v) is 16.0. The molecule has 2 fully saturated rings. The van der Waals surface area contributed by atoms with Gasteiger partial charge in [-0.25, -0.2) is 4.98 Å². The van der Waals surface area contributed by atoms with E-state index in [-0.39, 0.29) is 0 Å². The SMILES string of the molecule is COc1cc(N2CCC(N3CCN(C)CC3)CC2)c(C)cc1Nc1nc(Nc2ccc3nccnc3c2P(C)(C)=O)c2nc[nH]c2n1. The van der Waals surface area contributed by atoms with E-state index in [2.05, 4.69) is 71.4 Å². The van der Waals surface area contributed by atoms with Gasteiger partial charge in [0.15, 0.2) is 17.0 Å². The average Bonchev–Trinajstić information content (AvgIpc) is 3.54. The molecule has 0 atom stereocenters. The van der Waals surface area contributed by atoms with Crippen molar-refractivity contribution in [1.29, 1.82) is 0 Å². The lowest BCUT2D eigenvalue weighted by Gasteiger charge is -2.43. The number of methoxy groups -OCH3 is 1. The minimum atomic E-state index is -2.77. The third kappa shape index (κ3) is 6.35. The normalized spacial score (nSPS) is 17.0. The van der Waals surface area contributed by atoms with Crippen LogP contribution in [0.1, 0.15) is 18.4 Å². The zero-order valence-corrected chi connectivity index (χ0v) is 28.5. The van der Waals surface area contributed by atoms with Crippen LogP contribution in [0, 0.1) is 6.92 Å². The third-order valence-corrected chi connectivity index (χ3v) is 10.8. The summed E-state index contributed by atoms with van der Waals surface area (Å²) in [6, 6.07) is 8.58. The molecule has 2 saturated heterocycles. The summed E-state index contributed by atoms with van der Waals surface area (Å²) in [4.78, 5) is 33.6. The number of aromatic nitrogens is 6. The van der Waals surface area contributed by atoms with E-state index < -0.39 is 7.14 Å².